The van der Waals surface area contributed by atoms with Crippen LogP contribution in [0.2, 0.25) is 0 Å². The van der Waals surface area contributed by atoms with Crippen molar-refractivity contribution < 1.29 is 0 Å². The Labute approximate surface area is 361 Å². The van der Waals surface area contributed by atoms with E-state index in [9.17, 15) is 0 Å². The van der Waals surface area contributed by atoms with Gasteiger partial charge < -0.3 is 9.88 Å². The number of hydrogen-bond donors (Lipinski definition) is 1. The Morgan fingerprint density at radius 3 is 1.65 bits per heavy atom. The Hall–Kier alpha value is -8.01. The summed E-state index contributed by atoms with van der Waals surface area (Å²) >= 11 is 0. The molecule has 1 aliphatic carbocycles. The zero-order valence-corrected chi connectivity index (χ0v) is 34.0. The lowest BCUT2D eigenvalue weighted by Crippen LogP contribution is -2.31. The van der Waals surface area contributed by atoms with Gasteiger partial charge in [-0.1, -0.05) is 188 Å². The number of benzene rings is 9. The molecule has 0 amide bonds. The average molecular weight is 792 g/mol. The number of nitrogens with zero attached hydrogens (tertiary/aromatic N) is 2. The van der Waals surface area contributed by atoms with Crippen molar-refractivity contribution >= 4 is 33.3 Å². The second kappa shape index (κ2) is 14.6. The molecular weight excluding hydrogens is 751 g/mol. The van der Waals surface area contributed by atoms with Gasteiger partial charge in [0.05, 0.1) is 28.2 Å². The van der Waals surface area contributed by atoms with Crippen LogP contribution >= 0.6 is 0 Å². The molecule has 3 heteroatoms. The van der Waals surface area contributed by atoms with Crippen LogP contribution in [0.5, 0.6) is 0 Å². The SMILES string of the molecule is C1=C(c2ccccc2)N=C(c2ccc3c(c2)c2cc(-c4cccc5c4-c4ccccc4C5(c4ccccc4)c4ccccc4)ccc2n3-c2ccccc2)NC1c1ccccc1. The van der Waals surface area contributed by atoms with Crippen LogP contribution in [0.4, 0.5) is 0 Å². The Morgan fingerprint density at radius 2 is 0.968 bits per heavy atom. The second-order valence-corrected chi connectivity index (χ2v) is 16.3. The summed E-state index contributed by atoms with van der Waals surface area (Å²) < 4.78 is 2.40. The van der Waals surface area contributed by atoms with E-state index in [1.807, 2.05) is 0 Å². The van der Waals surface area contributed by atoms with E-state index in [0.29, 0.717) is 0 Å². The second-order valence-electron chi connectivity index (χ2n) is 16.3. The molecule has 12 rings (SSSR count). The van der Waals surface area contributed by atoms with E-state index in [2.05, 4.69) is 246 Å². The van der Waals surface area contributed by atoms with E-state index >= 15 is 0 Å². The predicted molar refractivity (Wildman–Crippen MR) is 257 cm³/mol. The predicted octanol–water partition coefficient (Wildman–Crippen LogP) is 13.9. The van der Waals surface area contributed by atoms with Gasteiger partial charge in [0.1, 0.15) is 5.84 Å². The minimum Gasteiger partial charge on any atom is -0.359 e. The molecule has 1 N–H and O–H groups in total. The first-order valence-electron chi connectivity index (χ1n) is 21.4. The number of rotatable bonds is 7. The average Bonchev–Trinajstić information content (AvgIpc) is 3.85. The quantitative estimate of drug-likeness (QED) is 0.171. The molecule has 0 fully saturated rings. The number of para-hydroxylation sites is 1. The molecule has 0 bridgehead atoms. The molecular formula is C59H41N3. The highest BCUT2D eigenvalue weighted by molar-refractivity contribution is 6.14. The van der Waals surface area contributed by atoms with Gasteiger partial charge in [-0.2, -0.15) is 0 Å². The van der Waals surface area contributed by atoms with Gasteiger partial charge in [-0.05, 0) is 104 Å². The summed E-state index contributed by atoms with van der Waals surface area (Å²) in [6.45, 7) is 0. The van der Waals surface area contributed by atoms with E-state index in [0.717, 1.165) is 39.4 Å². The summed E-state index contributed by atoms with van der Waals surface area (Å²) in [5.74, 6) is 0.856. The number of hydrogen-bond acceptors (Lipinski definition) is 2. The Bertz CT molecular complexity index is 3310. The van der Waals surface area contributed by atoms with Crippen LogP contribution < -0.4 is 5.32 Å². The zero-order chi connectivity index (χ0) is 41.0. The zero-order valence-electron chi connectivity index (χ0n) is 34.0. The topological polar surface area (TPSA) is 29.3 Å². The third-order valence-electron chi connectivity index (χ3n) is 12.9. The number of aromatic nitrogens is 1. The van der Waals surface area contributed by atoms with Crippen molar-refractivity contribution in [2.24, 2.45) is 4.99 Å². The Morgan fingerprint density at radius 1 is 0.435 bits per heavy atom. The molecule has 0 radical (unpaired) electrons. The molecule has 62 heavy (non-hydrogen) atoms. The Kier molecular flexibility index (Phi) is 8.46. The largest absolute Gasteiger partial charge is 0.359 e. The number of amidine groups is 1. The first-order chi connectivity index (χ1) is 30.8. The van der Waals surface area contributed by atoms with Crippen LogP contribution in [-0.2, 0) is 5.41 Å². The highest BCUT2D eigenvalue weighted by atomic mass is 15.1. The lowest BCUT2D eigenvalue weighted by atomic mass is 9.67. The van der Waals surface area contributed by atoms with Crippen LogP contribution in [0, 0.1) is 0 Å². The molecule has 2 aliphatic rings. The van der Waals surface area contributed by atoms with Crippen molar-refractivity contribution in [2.75, 3.05) is 0 Å². The highest BCUT2D eigenvalue weighted by Gasteiger charge is 2.46. The van der Waals surface area contributed by atoms with Gasteiger partial charge in [0.25, 0.3) is 0 Å². The summed E-state index contributed by atoms with van der Waals surface area (Å²) in [6.07, 6.45) is 2.24. The van der Waals surface area contributed by atoms with Gasteiger partial charge in [0, 0.05) is 22.0 Å². The molecule has 1 atom stereocenters. The van der Waals surface area contributed by atoms with Crippen molar-refractivity contribution in [3.05, 3.63) is 276 Å². The van der Waals surface area contributed by atoms with Gasteiger partial charge in [0.15, 0.2) is 0 Å². The fourth-order valence-electron chi connectivity index (χ4n) is 10.2. The molecule has 292 valence electrons. The molecule has 1 aromatic heterocycles. The molecule has 0 saturated carbocycles. The van der Waals surface area contributed by atoms with Crippen LogP contribution in [0.15, 0.2) is 242 Å². The van der Waals surface area contributed by atoms with E-state index < -0.39 is 5.41 Å². The first kappa shape index (κ1) is 35.9. The Balaban J connectivity index is 1.07. The summed E-state index contributed by atoms with van der Waals surface area (Å²) in [4.78, 5) is 5.30. The maximum absolute atomic E-state index is 5.30. The van der Waals surface area contributed by atoms with E-state index in [1.54, 1.807) is 0 Å². The number of aliphatic imine (C=N–C) groups is 1. The summed E-state index contributed by atoms with van der Waals surface area (Å²) in [5, 5.41) is 6.18. The highest BCUT2D eigenvalue weighted by Crippen LogP contribution is 2.58. The first-order valence-corrected chi connectivity index (χ1v) is 21.4. The van der Waals surface area contributed by atoms with Gasteiger partial charge in [-0.25, -0.2) is 4.99 Å². The lowest BCUT2D eigenvalue weighted by Gasteiger charge is -2.34. The maximum Gasteiger partial charge on any atom is 0.134 e. The van der Waals surface area contributed by atoms with Crippen molar-refractivity contribution in [1.82, 2.24) is 9.88 Å². The molecule has 9 aromatic carbocycles. The maximum atomic E-state index is 5.30. The van der Waals surface area contributed by atoms with Gasteiger partial charge >= 0.3 is 0 Å². The van der Waals surface area contributed by atoms with Crippen LogP contribution in [0.3, 0.4) is 0 Å². The standard InChI is InChI=1S/C59H41N3/c1-6-19-40(20-7-1)53-39-54(41-21-8-2-9-22-41)61-58(60-53)43-34-36-56-50(38-43)49-37-42(33-35-55(49)62(56)46-27-14-5-15-28-46)47-30-18-32-52-57(47)48-29-16-17-31-51(48)59(52,44-23-10-3-11-24-44)45-25-12-4-13-26-45/h1-39,53H,(H,60,61). The van der Waals surface area contributed by atoms with Gasteiger partial charge in [-0.3, -0.25) is 0 Å². The molecule has 1 aliphatic heterocycles. The van der Waals surface area contributed by atoms with Crippen LogP contribution in [-0.4, -0.2) is 10.4 Å². The summed E-state index contributed by atoms with van der Waals surface area (Å²) in [7, 11) is 0. The third-order valence-corrected chi connectivity index (χ3v) is 12.9. The smallest absolute Gasteiger partial charge is 0.134 e. The molecule has 0 spiro atoms. The van der Waals surface area contributed by atoms with E-state index in [-0.39, 0.29) is 6.04 Å². The van der Waals surface area contributed by atoms with Crippen molar-refractivity contribution in [3.8, 4) is 27.9 Å². The van der Waals surface area contributed by atoms with Crippen LogP contribution in [0.25, 0.3) is 55.4 Å². The number of nitrogens with one attached hydrogen (secondary N) is 1. The van der Waals surface area contributed by atoms with Gasteiger partial charge in [-0.15, -0.1) is 0 Å². The molecule has 3 nitrogen and oxygen atoms in total. The van der Waals surface area contributed by atoms with Gasteiger partial charge in [0.2, 0.25) is 0 Å². The van der Waals surface area contributed by atoms with Crippen LogP contribution in [0.1, 0.15) is 45.0 Å². The summed E-state index contributed by atoms with van der Waals surface area (Å²) in [6, 6.07) is 83.7. The minimum atomic E-state index is -0.467. The monoisotopic (exact) mass is 791 g/mol. The molecule has 2 heterocycles. The third kappa shape index (κ3) is 5.63. The fraction of sp³-hybridized carbons (Fsp3) is 0.0339. The normalized spacial score (nSPS) is 15.1. The van der Waals surface area contributed by atoms with E-state index in [1.165, 1.54) is 60.8 Å². The van der Waals surface area contributed by atoms with Crippen molar-refractivity contribution in [3.63, 3.8) is 0 Å². The molecule has 1 unspecified atom stereocenters. The van der Waals surface area contributed by atoms with Crippen molar-refractivity contribution in [2.45, 2.75) is 11.5 Å². The molecule has 10 aromatic rings. The molecule has 0 saturated heterocycles. The summed E-state index contributed by atoms with van der Waals surface area (Å²) in [5.41, 5.74) is 17.4. The van der Waals surface area contributed by atoms with E-state index in [4.69, 9.17) is 4.99 Å². The minimum absolute atomic E-state index is 0.0335. The van der Waals surface area contributed by atoms with Crippen molar-refractivity contribution in [1.29, 1.82) is 0 Å². The number of fused-ring (bicyclic) bond motifs is 6. The fourth-order valence-corrected chi connectivity index (χ4v) is 10.2. The lowest BCUT2D eigenvalue weighted by molar-refractivity contribution is 0.768.